The van der Waals surface area contributed by atoms with Crippen molar-refractivity contribution in [3.05, 3.63) is 54.0 Å². The average molecular weight is 339 g/mol. The van der Waals surface area contributed by atoms with Crippen molar-refractivity contribution in [1.29, 1.82) is 0 Å². The average Bonchev–Trinajstić information content (AvgIpc) is 3.18. The number of amides is 1. The Bertz CT molecular complexity index is 884. The van der Waals surface area contributed by atoms with Crippen LogP contribution in [0.3, 0.4) is 0 Å². The second kappa shape index (κ2) is 6.52. The summed E-state index contributed by atoms with van der Waals surface area (Å²) in [7, 11) is 0. The van der Waals surface area contributed by atoms with Crippen LogP contribution < -0.4 is 5.48 Å². The molecule has 0 aliphatic heterocycles. The third kappa shape index (κ3) is 3.61. The van der Waals surface area contributed by atoms with Crippen LogP contribution in [0, 0.1) is 5.41 Å². The fraction of sp³-hybridized carbons (Fsp3) is 0.278. The molecule has 0 aliphatic rings. The molecule has 3 rings (SSSR count). The number of benzene rings is 1. The molecule has 3 aromatic rings. The predicted octanol–water partition coefficient (Wildman–Crippen LogP) is 2.91. The largest absolute Gasteiger partial charge is 0.357 e. The Balaban J connectivity index is 1.98. The van der Waals surface area contributed by atoms with Crippen molar-refractivity contribution in [2.75, 3.05) is 0 Å². The zero-order valence-electron chi connectivity index (χ0n) is 14.4. The molecule has 0 bridgehead atoms. The fourth-order valence-corrected chi connectivity index (χ4v) is 2.94. The summed E-state index contributed by atoms with van der Waals surface area (Å²) in [5, 5.41) is 18.0. The highest BCUT2D eigenvalue weighted by Crippen LogP contribution is 2.36. The summed E-state index contributed by atoms with van der Waals surface area (Å²) >= 11 is 0. The van der Waals surface area contributed by atoms with E-state index in [9.17, 15) is 4.79 Å². The van der Waals surface area contributed by atoms with Crippen molar-refractivity contribution in [3.63, 3.8) is 0 Å². The molecule has 1 atom stereocenters. The number of carbonyl (C=O) groups excluding carboxylic acids is 1. The lowest BCUT2D eigenvalue weighted by molar-refractivity contribution is -0.124. The highest BCUT2D eigenvalue weighted by molar-refractivity contribution is 5.90. The van der Waals surface area contributed by atoms with Gasteiger partial charge in [-0.2, -0.15) is 0 Å². The number of rotatable bonds is 4. The van der Waals surface area contributed by atoms with Gasteiger partial charge in [-0.3, -0.25) is 10.0 Å². The van der Waals surface area contributed by atoms with E-state index >= 15 is 0 Å². The molecule has 7 nitrogen and oxygen atoms in total. The molecule has 1 aromatic carbocycles. The Morgan fingerprint density at radius 1 is 1.36 bits per heavy atom. The van der Waals surface area contributed by atoms with E-state index in [0.29, 0.717) is 5.69 Å². The van der Waals surface area contributed by atoms with Crippen molar-refractivity contribution in [2.24, 2.45) is 5.41 Å². The van der Waals surface area contributed by atoms with Gasteiger partial charge in [-0.1, -0.05) is 44.2 Å². The summed E-state index contributed by atoms with van der Waals surface area (Å²) in [5.41, 5.74) is 4.09. The quantitative estimate of drug-likeness (QED) is 0.387. The van der Waals surface area contributed by atoms with Gasteiger partial charge < -0.3 is 4.98 Å². The van der Waals surface area contributed by atoms with E-state index in [-0.39, 0.29) is 11.5 Å². The Kier molecular flexibility index (Phi) is 4.41. The van der Waals surface area contributed by atoms with Crippen LogP contribution in [0.5, 0.6) is 0 Å². The normalized spacial score (nSPS) is 13.4. The standard InChI is InChI=1S/C18H21N5O2/c1-18(2,3)17(15-10-12-6-4-5-7-14(12)19-15)23-11-13(20-22-23)8-9-16(24)21-25/h4-11,17,19,25H,1-3H3,(H,21,24). The minimum absolute atomic E-state index is 0.0544. The van der Waals surface area contributed by atoms with Crippen molar-refractivity contribution < 1.29 is 10.0 Å². The summed E-state index contributed by atoms with van der Waals surface area (Å²) in [4.78, 5) is 14.6. The van der Waals surface area contributed by atoms with Gasteiger partial charge in [0.1, 0.15) is 5.69 Å². The molecule has 130 valence electrons. The highest BCUT2D eigenvalue weighted by Gasteiger charge is 2.30. The van der Waals surface area contributed by atoms with Gasteiger partial charge in [0.25, 0.3) is 5.91 Å². The molecule has 0 fully saturated rings. The molecule has 0 spiro atoms. The molecular formula is C18H21N5O2. The molecule has 7 heteroatoms. The van der Waals surface area contributed by atoms with E-state index in [1.807, 2.05) is 18.2 Å². The van der Waals surface area contributed by atoms with Crippen LogP contribution in [0.25, 0.3) is 17.0 Å². The minimum atomic E-state index is -0.613. The number of hydroxylamine groups is 1. The number of aromatic amines is 1. The van der Waals surface area contributed by atoms with Crippen LogP contribution in [-0.4, -0.2) is 31.1 Å². The number of nitrogens with one attached hydrogen (secondary N) is 2. The van der Waals surface area contributed by atoms with Crippen LogP contribution >= 0.6 is 0 Å². The van der Waals surface area contributed by atoms with Gasteiger partial charge in [-0.15, -0.1) is 5.10 Å². The number of fused-ring (bicyclic) bond motifs is 1. The van der Waals surface area contributed by atoms with E-state index in [2.05, 4.69) is 48.2 Å². The van der Waals surface area contributed by atoms with E-state index in [1.165, 1.54) is 12.2 Å². The molecular weight excluding hydrogens is 318 g/mol. The molecule has 3 N–H and O–H groups in total. The number of carbonyl (C=O) groups is 1. The number of aromatic nitrogens is 4. The first-order chi connectivity index (χ1) is 11.9. The predicted molar refractivity (Wildman–Crippen MR) is 94.9 cm³/mol. The van der Waals surface area contributed by atoms with Crippen LogP contribution in [-0.2, 0) is 4.79 Å². The zero-order chi connectivity index (χ0) is 18.0. The zero-order valence-corrected chi connectivity index (χ0v) is 14.4. The minimum Gasteiger partial charge on any atom is -0.357 e. The molecule has 0 radical (unpaired) electrons. The Morgan fingerprint density at radius 3 is 2.80 bits per heavy atom. The molecule has 0 saturated heterocycles. The number of nitrogens with zero attached hydrogens (tertiary/aromatic N) is 3. The number of hydrogen-bond acceptors (Lipinski definition) is 4. The first kappa shape index (κ1) is 16.9. The molecule has 1 amide bonds. The molecule has 0 saturated carbocycles. The topological polar surface area (TPSA) is 95.8 Å². The summed E-state index contributed by atoms with van der Waals surface area (Å²) in [6.07, 6.45) is 4.48. The molecule has 2 heterocycles. The highest BCUT2D eigenvalue weighted by atomic mass is 16.5. The van der Waals surface area contributed by atoms with Crippen molar-refractivity contribution >= 4 is 22.9 Å². The fourth-order valence-electron chi connectivity index (χ4n) is 2.94. The molecule has 25 heavy (non-hydrogen) atoms. The maximum Gasteiger partial charge on any atom is 0.267 e. The number of hydrogen-bond donors (Lipinski definition) is 3. The third-order valence-electron chi connectivity index (χ3n) is 3.97. The second-order valence-corrected chi connectivity index (χ2v) is 7.01. The maximum absolute atomic E-state index is 11.1. The van der Waals surface area contributed by atoms with Crippen LogP contribution in [0.4, 0.5) is 0 Å². The van der Waals surface area contributed by atoms with Gasteiger partial charge in [-0.25, -0.2) is 10.2 Å². The number of para-hydroxylation sites is 1. The Labute approximate surface area is 145 Å². The number of H-pyrrole nitrogens is 1. The lowest BCUT2D eigenvalue weighted by Gasteiger charge is -2.29. The first-order valence-corrected chi connectivity index (χ1v) is 8.00. The van der Waals surface area contributed by atoms with Crippen molar-refractivity contribution in [1.82, 2.24) is 25.5 Å². The van der Waals surface area contributed by atoms with Gasteiger partial charge in [0.2, 0.25) is 0 Å². The van der Waals surface area contributed by atoms with Gasteiger partial charge in [0.05, 0.1) is 12.2 Å². The summed E-state index contributed by atoms with van der Waals surface area (Å²) in [6.45, 7) is 6.42. The van der Waals surface area contributed by atoms with Crippen LogP contribution in [0.2, 0.25) is 0 Å². The monoisotopic (exact) mass is 339 g/mol. The van der Waals surface area contributed by atoms with E-state index in [0.717, 1.165) is 16.6 Å². The summed E-state index contributed by atoms with van der Waals surface area (Å²) in [6, 6.07) is 10.2. The lowest BCUT2D eigenvalue weighted by atomic mass is 9.85. The van der Waals surface area contributed by atoms with Crippen LogP contribution in [0.15, 0.2) is 42.6 Å². The second-order valence-electron chi connectivity index (χ2n) is 7.01. The summed E-state index contributed by atoms with van der Waals surface area (Å²) in [5.74, 6) is -0.613. The third-order valence-corrected chi connectivity index (χ3v) is 3.97. The van der Waals surface area contributed by atoms with E-state index in [4.69, 9.17) is 5.21 Å². The molecule has 1 unspecified atom stereocenters. The van der Waals surface area contributed by atoms with Crippen molar-refractivity contribution in [2.45, 2.75) is 26.8 Å². The van der Waals surface area contributed by atoms with Gasteiger partial charge in [0, 0.05) is 17.3 Å². The lowest BCUT2D eigenvalue weighted by Crippen LogP contribution is -2.26. The van der Waals surface area contributed by atoms with E-state index < -0.39 is 5.91 Å². The summed E-state index contributed by atoms with van der Waals surface area (Å²) < 4.78 is 1.79. The van der Waals surface area contributed by atoms with Gasteiger partial charge >= 0.3 is 0 Å². The Hall–Kier alpha value is -2.93. The smallest absolute Gasteiger partial charge is 0.267 e. The molecule has 0 aliphatic carbocycles. The van der Waals surface area contributed by atoms with Gasteiger partial charge in [0.15, 0.2) is 0 Å². The van der Waals surface area contributed by atoms with Crippen molar-refractivity contribution in [3.8, 4) is 0 Å². The maximum atomic E-state index is 11.1. The van der Waals surface area contributed by atoms with E-state index in [1.54, 1.807) is 16.4 Å². The Morgan fingerprint density at radius 2 is 2.12 bits per heavy atom. The SMILES string of the molecule is CC(C)(C)C(c1cc2ccccc2[nH]1)n1cc(C=CC(=O)NO)nn1. The molecule has 2 aromatic heterocycles. The first-order valence-electron chi connectivity index (χ1n) is 8.00. The van der Waals surface area contributed by atoms with Crippen LogP contribution in [0.1, 0.15) is 38.2 Å². The van der Waals surface area contributed by atoms with Gasteiger partial charge in [-0.05, 0) is 29.0 Å².